The summed E-state index contributed by atoms with van der Waals surface area (Å²) >= 11 is 38.0. The molecule has 0 bridgehead atoms. The van der Waals surface area contributed by atoms with Gasteiger partial charge in [0.05, 0.1) is 24.7 Å². The van der Waals surface area contributed by atoms with E-state index in [9.17, 15) is 39.3 Å². The molecule has 0 spiro atoms. The number of phenols is 3. The molecule has 0 aliphatic rings. The van der Waals surface area contributed by atoms with E-state index < -0.39 is 17.8 Å². The Morgan fingerprint density at radius 1 is 0.463 bits per heavy atom. The summed E-state index contributed by atoms with van der Waals surface area (Å²) in [4.78, 5) is 59.3. The summed E-state index contributed by atoms with van der Waals surface area (Å²) in [6.45, 7) is 2.63. The Balaban J connectivity index is 0.000000197. The zero-order chi connectivity index (χ0) is 58.8. The van der Waals surface area contributed by atoms with Gasteiger partial charge in [0.25, 0.3) is 17.7 Å². The van der Waals surface area contributed by atoms with Gasteiger partial charge in [0, 0.05) is 68.1 Å². The molecule has 0 saturated heterocycles. The average molecular weight is 1680 g/mol. The van der Waals surface area contributed by atoms with Crippen LogP contribution in [0, 0.1) is 7.14 Å². The number of aromatic hydroxyl groups is 3. The van der Waals surface area contributed by atoms with Gasteiger partial charge in [0.1, 0.15) is 27.8 Å². The fourth-order valence-corrected chi connectivity index (χ4v) is 10.7. The van der Waals surface area contributed by atoms with Gasteiger partial charge in [-0.25, -0.2) is 0 Å². The Hall–Kier alpha value is -5.16. The van der Waals surface area contributed by atoms with Crippen LogP contribution in [-0.4, -0.2) is 50.0 Å². The first-order chi connectivity index (χ1) is 37.9. The van der Waals surface area contributed by atoms with Gasteiger partial charge in [0.2, 0.25) is 0 Å². The number of anilines is 4. The molecule has 0 atom stereocenters. The zero-order valence-corrected chi connectivity index (χ0v) is 55.6. The minimum absolute atomic E-state index is 0.0483. The number of rotatable bonds is 10. The first-order valence-electron chi connectivity index (χ1n) is 22.5. The normalized spacial score (nSPS) is 10.1. The first-order valence-corrected chi connectivity index (χ1v) is 29.8. The lowest BCUT2D eigenvalue weighted by Crippen LogP contribution is -2.16. The average Bonchev–Trinajstić information content (AvgIpc) is 3.39. The van der Waals surface area contributed by atoms with Gasteiger partial charge in [-0.05, 0) is 213 Å². The van der Waals surface area contributed by atoms with Crippen molar-refractivity contribution in [3.05, 3.63) is 220 Å². The van der Waals surface area contributed by atoms with Gasteiger partial charge < -0.3 is 46.1 Å². The molecule has 24 heteroatoms. The number of carbonyl (C=O) groups excluding carboxylic acids is 5. The second kappa shape index (κ2) is 31.9. The molecule has 0 heterocycles. The number of hydrogen-bond acceptors (Lipinski definition) is 11. The summed E-state index contributed by atoms with van der Waals surface area (Å²) in [6.07, 6.45) is 0. The predicted octanol–water partition coefficient (Wildman–Crippen LogP) is 17.6. The number of amides is 3. The molecule has 0 aromatic heterocycles. The number of halogens is 9. The SMILES string of the molecule is CC(=O)Oc1c(Br)cc(Cl)cc1C(=S)Nc1ccc(Br)cc1.CC(=O)Oc1c(I)cc(I)cc1C(=O)Nc1ccc(Cl)cc1.O=C(Nc1ccc(Br)cc1)c1c(O)cccc1O.O=C(Nc1ccc(Br)cc1)c1cc(Br)ccc1O. The predicted molar refractivity (Wildman–Crippen MR) is 352 cm³/mol. The Kier molecular flexibility index (Phi) is 26.2. The monoisotopic (exact) mass is 1680 g/mol. The third kappa shape index (κ3) is 21.0. The molecule has 7 N–H and O–H groups in total. The van der Waals surface area contributed by atoms with Crippen molar-refractivity contribution in [1.82, 2.24) is 0 Å². The molecular weight excluding hydrogens is 1640 g/mol. The Morgan fingerprint density at radius 3 is 1.38 bits per heavy atom. The van der Waals surface area contributed by atoms with Crippen LogP contribution in [0.4, 0.5) is 22.7 Å². The highest BCUT2D eigenvalue weighted by Crippen LogP contribution is 2.35. The molecule has 0 fully saturated rings. The molecule has 14 nitrogen and oxygen atoms in total. The van der Waals surface area contributed by atoms with Gasteiger partial charge in [-0.15, -0.1) is 0 Å². The number of hydrogen-bond donors (Lipinski definition) is 7. The van der Waals surface area contributed by atoms with Gasteiger partial charge in [0.15, 0.2) is 11.5 Å². The number of benzene rings is 8. The summed E-state index contributed by atoms with van der Waals surface area (Å²) in [7, 11) is 0. The minimum atomic E-state index is -0.562. The van der Waals surface area contributed by atoms with Crippen LogP contribution in [0.2, 0.25) is 10.0 Å². The van der Waals surface area contributed by atoms with Crippen LogP contribution in [0.5, 0.6) is 28.7 Å². The smallest absolute Gasteiger partial charge is 0.308 e. The molecule has 412 valence electrons. The molecule has 8 aromatic carbocycles. The maximum Gasteiger partial charge on any atom is 0.308 e. The van der Waals surface area contributed by atoms with Crippen molar-refractivity contribution in [3.8, 4) is 28.7 Å². The number of carbonyl (C=O) groups is 5. The van der Waals surface area contributed by atoms with E-state index in [0.717, 1.165) is 27.1 Å². The minimum Gasteiger partial charge on any atom is -0.507 e. The van der Waals surface area contributed by atoms with E-state index in [1.165, 1.54) is 38.1 Å². The van der Waals surface area contributed by atoms with Crippen molar-refractivity contribution in [2.45, 2.75) is 13.8 Å². The summed E-state index contributed by atoms with van der Waals surface area (Å²) in [5.41, 5.74) is 3.60. The lowest BCUT2D eigenvalue weighted by Gasteiger charge is -2.14. The number of nitrogens with one attached hydrogen (secondary N) is 4. The largest absolute Gasteiger partial charge is 0.507 e. The van der Waals surface area contributed by atoms with E-state index >= 15 is 0 Å². The number of phenolic OH excluding ortho intramolecular Hbond substituents is 3. The Labute approximate surface area is 543 Å². The summed E-state index contributed by atoms with van der Waals surface area (Å²) in [6, 6.07) is 44.2. The molecule has 8 rings (SSSR count). The van der Waals surface area contributed by atoms with E-state index in [1.807, 2.05) is 65.1 Å². The van der Waals surface area contributed by atoms with Crippen LogP contribution in [0.1, 0.15) is 50.5 Å². The van der Waals surface area contributed by atoms with Crippen molar-refractivity contribution in [3.63, 3.8) is 0 Å². The van der Waals surface area contributed by atoms with Crippen molar-refractivity contribution in [1.29, 1.82) is 0 Å². The molecule has 0 saturated carbocycles. The van der Waals surface area contributed by atoms with Gasteiger partial charge in [-0.3, -0.25) is 24.0 Å². The highest BCUT2D eigenvalue weighted by atomic mass is 127. The van der Waals surface area contributed by atoms with Crippen LogP contribution in [0.15, 0.2) is 180 Å². The summed E-state index contributed by atoms with van der Waals surface area (Å²) < 4.78 is 16.1. The third-order valence-corrected chi connectivity index (χ3v) is 14.7. The molecule has 0 aliphatic carbocycles. The number of esters is 2. The second-order valence-electron chi connectivity index (χ2n) is 15.9. The second-order valence-corrected chi connectivity index (χ2v) is 24.1. The Morgan fingerprint density at radius 2 is 0.887 bits per heavy atom. The fraction of sp³-hybridized carbons (Fsp3) is 0.0357. The highest BCUT2D eigenvalue weighted by Gasteiger charge is 2.20. The number of ether oxygens (including phenoxy) is 2. The van der Waals surface area contributed by atoms with Gasteiger partial charge >= 0.3 is 11.9 Å². The van der Waals surface area contributed by atoms with E-state index in [2.05, 4.69) is 124 Å². The zero-order valence-electron chi connectivity index (χ0n) is 41.0. The van der Waals surface area contributed by atoms with Crippen molar-refractivity contribution in [2.24, 2.45) is 0 Å². The maximum atomic E-state index is 12.5. The topological polar surface area (TPSA) is 213 Å². The number of thiocarbonyl (C=S) groups is 1. The standard InChI is InChI=1S/C15H10Br2ClNO2S.C15H10ClI2NO3.C13H9Br2NO2.C13H10BrNO3/c1-8(20)21-14-12(6-10(18)7-13(14)17)15(22)19-11-4-2-9(16)3-5-11;1-8(20)22-14-12(6-10(17)7-13(14)18)15(21)19-11-4-2-9(16)3-5-11;14-8-1-4-10(5-2-8)16-13(18)11-7-9(15)3-6-12(11)17;14-8-4-6-9(7-5-8)15-13(18)12-10(16)2-1-3-11(12)17/h2-7H,1H3,(H,19,22);2-7H,1H3,(H,19,21);1-7,17H,(H,16,18);1-7,16-17H,(H,15,18). The van der Waals surface area contributed by atoms with Crippen LogP contribution in [-0.2, 0) is 9.59 Å². The van der Waals surface area contributed by atoms with E-state index in [-0.39, 0.29) is 45.9 Å². The van der Waals surface area contributed by atoms with Gasteiger partial charge in [-0.1, -0.05) is 105 Å². The maximum absolute atomic E-state index is 12.5. The van der Waals surface area contributed by atoms with E-state index in [0.29, 0.717) is 57.0 Å². The molecule has 8 aromatic rings. The molecule has 80 heavy (non-hydrogen) atoms. The van der Waals surface area contributed by atoms with Crippen LogP contribution >= 0.6 is 160 Å². The lowest BCUT2D eigenvalue weighted by atomic mass is 10.1. The molecule has 3 amide bonds. The van der Waals surface area contributed by atoms with Gasteiger partial charge in [-0.2, -0.15) is 0 Å². The van der Waals surface area contributed by atoms with Crippen LogP contribution < -0.4 is 30.7 Å². The first kappa shape index (κ1) is 65.6. The Bertz CT molecular complexity index is 3430. The third-order valence-electron chi connectivity index (χ3n) is 9.86. The van der Waals surface area contributed by atoms with Crippen LogP contribution in [0.3, 0.4) is 0 Å². The molecule has 0 unspecified atom stereocenters. The van der Waals surface area contributed by atoms with Crippen molar-refractivity contribution in [2.75, 3.05) is 21.3 Å². The molecular formula is C56H39Br5Cl2I2N4O10S. The van der Waals surface area contributed by atoms with E-state index in [4.69, 9.17) is 44.9 Å². The lowest BCUT2D eigenvalue weighted by molar-refractivity contribution is -0.132. The van der Waals surface area contributed by atoms with Crippen molar-refractivity contribution >= 4 is 218 Å². The molecule has 0 aliphatic heterocycles. The summed E-state index contributed by atoms with van der Waals surface area (Å²) in [5, 5.41) is 41.0. The van der Waals surface area contributed by atoms with Crippen molar-refractivity contribution < 1.29 is 48.8 Å². The van der Waals surface area contributed by atoms with Crippen LogP contribution in [0.25, 0.3) is 0 Å². The quantitative estimate of drug-likeness (QED) is 0.0295. The van der Waals surface area contributed by atoms with E-state index in [1.54, 1.807) is 91.0 Å². The fourth-order valence-electron chi connectivity index (χ4n) is 6.33. The highest BCUT2D eigenvalue weighted by molar-refractivity contribution is 14.1. The molecule has 0 radical (unpaired) electrons. The summed E-state index contributed by atoms with van der Waals surface area (Å²) in [5.74, 6) is -2.14.